The molecule has 1 rings (SSSR count). The minimum absolute atomic E-state index is 0.590. The Morgan fingerprint density at radius 3 is 2.32 bits per heavy atom. The third kappa shape index (κ3) is 5.80. The lowest BCUT2D eigenvalue weighted by Gasteiger charge is -2.12. The zero-order valence-electron chi connectivity index (χ0n) is 13.4. The van der Waals surface area contributed by atoms with Gasteiger partial charge in [0.15, 0.2) is 11.5 Å². The van der Waals surface area contributed by atoms with Gasteiger partial charge < -0.3 is 14.2 Å². The monoisotopic (exact) mass is 414 g/mol. The van der Waals surface area contributed by atoms with Gasteiger partial charge in [0.05, 0.1) is 21.3 Å². The van der Waals surface area contributed by atoms with Gasteiger partial charge in [-0.15, -0.1) is 6.58 Å². The number of ether oxygens (including phenoxy) is 3. The van der Waals surface area contributed by atoms with Gasteiger partial charge in [0, 0.05) is 15.9 Å². The van der Waals surface area contributed by atoms with Crippen molar-refractivity contribution in [2.24, 2.45) is 0 Å². The molecule has 4 heteroatoms. The Hall–Kier alpha value is -1.35. The standard InChI is InChI=1S/C18H23IO3/c1-5-9-15(19)11-8-6-7-10-14-12-16(20-2)18(22-4)17(13-14)21-3/h5,12-13,15H,1,6,8-9,11H2,2-4H3. The lowest BCUT2D eigenvalue weighted by molar-refractivity contribution is 0.324. The number of benzene rings is 1. The number of alkyl halides is 1. The number of rotatable bonds is 8. The normalized spacial score (nSPS) is 11.1. The van der Waals surface area contributed by atoms with Crippen molar-refractivity contribution >= 4 is 22.6 Å². The van der Waals surface area contributed by atoms with Gasteiger partial charge in [-0.3, -0.25) is 0 Å². The number of methoxy groups -OCH3 is 3. The van der Waals surface area contributed by atoms with E-state index in [1.165, 1.54) is 0 Å². The molecule has 120 valence electrons. The molecule has 1 aromatic rings. The predicted octanol–water partition coefficient (Wildman–Crippen LogP) is 4.61. The number of hydrogen-bond donors (Lipinski definition) is 0. The quantitative estimate of drug-likeness (QED) is 0.204. The van der Waals surface area contributed by atoms with Crippen LogP contribution in [0.1, 0.15) is 31.2 Å². The van der Waals surface area contributed by atoms with Crippen molar-refractivity contribution in [1.82, 2.24) is 0 Å². The fourth-order valence-electron chi connectivity index (χ4n) is 2.03. The van der Waals surface area contributed by atoms with E-state index in [9.17, 15) is 0 Å². The first-order chi connectivity index (χ1) is 10.7. The second-order valence-corrected chi connectivity index (χ2v) is 6.49. The highest BCUT2D eigenvalue weighted by molar-refractivity contribution is 14.1. The summed E-state index contributed by atoms with van der Waals surface area (Å²) >= 11 is 2.46. The molecule has 22 heavy (non-hydrogen) atoms. The first-order valence-corrected chi connectivity index (χ1v) is 8.44. The van der Waals surface area contributed by atoms with Crippen LogP contribution in [0.15, 0.2) is 24.8 Å². The molecule has 0 spiro atoms. The molecule has 0 heterocycles. The fourth-order valence-corrected chi connectivity index (χ4v) is 2.83. The molecule has 0 aliphatic rings. The molecule has 0 bridgehead atoms. The number of unbranched alkanes of at least 4 members (excludes halogenated alkanes) is 1. The van der Waals surface area contributed by atoms with E-state index >= 15 is 0 Å². The summed E-state index contributed by atoms with van der Waals surface area (Å²) in [4.78, 5) is 0. The summed E-state index contributed by atoms with van der Waals surface area (Å²) in [6.45, 7) is 3.76. The Morgan fingerprint density at radius 1 is 1.18 bits per heavy atom. The third-order valence-electron chi connectivity index (χ3n) is 3.14. The van der Waals surface area contributed by atoms with Gasteiger partial charge in [-0.2, -0.15) is 0 Å². The highest BCUT2D eigenvalue weighted by Gasteiger charge is 2.12. The van der Waals surface area contributed by atoms with Crippen LogP contribution in [0.25, 0.3) is 0 Å². The van der Waals surface area contributed by atoms with Gasteiger partial charge in [-0.05, 0) is 31.4 Å². The van der Waals surface area contributed by atoms with Crippen LogP contribution in [-0.4, -0.2) is 25.3 Å². The largest absolute Gasteiger partial charge is 0.493 e. The van der Waals surface area contributed by atoms with Crippen molar-refractivity contribution in [3.63, 3.8) is 0 Å². The second kappa shape index (κ2) is 10.4. The number of hydrogen-bond acceptors (Lipinski definition) is 3. The lowest BCUT2D eigenvalue weighted by Crippen LogP contribution is -1.96. The van der Waals surface area contributed by atoms with Crippen molar-refractivity contribution in [1.29, 1.82) is 0 Å². The molecule has 0 N–H and O–H groups in total. The molecule has 0 amide bonds. The highest BCUT2D eigenvalue weighted by atomic mass is 127. The van der Waals surface area contributed by atoms with E-state index in [0.717, 1.165) is 31.2 Å². The van der Waals surface area contributed by atoms with E-state index in [0.29, 0.717) is 21.2 Å². The smallest absolute Gasteiger partial charge is 0.203 e. The van der Waals surface area contributed by atoms with Crippen LogP contribution in [0.2, 0.25) is 0 Å². The lowest BCUT2D eigenvalue weighted by atomic mass is 10.1. The molecule has 0 aromatic heterocycles. The van der Waals surface area contributed by atoms with E-state index in [4.69, 9.17) is 14.2 Å². The molecule has 1 aromatic carbocycles. The molecule has 0 fully saturated rings. The fraction of sp³-hybridized carbons (Fsp3) is 0.444. The molecule has 1 atom stereocenters. The summed E-state index contributed by atoms with van der Waals surface area (Å²) in [5, 5.41) is 0. The summed E-state index contributed by atoms with van der Waals surface area (Å²) < 4.78 is 16.6. The van der Waals surface area contributed by atoms with Crippen molar-refractivity contribution < 1.29 is 14.2 Å². The second-order valence-electron chi connectivity index (χ2n) is 4.73. The van der Waals surface area contributed by atoms with E-state index in [2.05, 4.69) is 41.0 Å². The Balaban J connectivity index is 2.70. The molecule has 1 unspecified atom stereocenters. The zero-order chi connectivity index (χ0) is 16.4. The topological polar surface area (TPSA) is 27.7 Å². The van der Waals surface area contributed by atoms with Crippen LogP contribution in [0.3, 0.4) is 0 Å². The summed E-state index contributed by atoms with van der Waals surface area (Å²) in [5.41, 5.74) is 0.867. The van der Waals surface area contributed by atoms with Crippen molar-refractivity contribution in [3.8, 4) is 29.1 Å². The molecular weight excluding hydrogens is 391 g/mol. The van der Waals surface area contributed by atoms with Crippen LogP contribution in [0, 0.1) is 11.8 Å². The Morgan fingerprint density at radius 2 is 1.82 bits per heavy atom. The summed E-state index contributed by atoms with van der Waals surface area (Å²) in [6, 6.07) is 3.74. The maximum absolute atomic E-state index is 5.32. The summed E-state index contributed by atoms with van der Waals surface area (Å²) in [7, 11) is 4.80. The molecule has 0 saturated heterocycles. The Kier molecular flexibility index (Phi) is 8.83. The zero-order valence-corrected chi connectivity index (χ0v) is 15.6. The summed E-state index contributed by atoms with van der Waals surface area (Å²) in [5.74, 6) is 8.22. The minimum atomic E-state index is 0.590. The van der Waals surface area contributed by atoms with Crippen molar-refractivity contribution in [2.75, 3.05) is 21.3 Å². The van der Waals surface area contributed by atoms with Gasteiger partial charge >= 0.3 is 0 Å². The van der Waals surface area contributed by atoms with Gasteiger partial charge in [-0.25, -0.2) is 0 Å². The van der Waals surface area contributed by atoms with E-state index in [-0.39, 0.29) is 0 Å². The Bertz CT molecular complexity index is 518. The SMILES string of the molecule is C=CCC(I)CCCC#Cc1cc(OC)c(OC)c(OC)c1. The average molecular weight is 414 g/mol. The molecule has 0 aliphatic heterocycles. The van der Waals surface area contributed by atoms with Crippen LogP contribution < -0.4 is 14.2 Å². The van der Waals surface area contributed by atoms with Crippen molar-refractivity contribution in [2.45, 2.75) is 29.6 Å². The van der Waals surface area contributed by atoms with Gasteiger partial charge in [0.25, 0.3) is 0 Å². The van der Waals surface area contributed by atoms with E-state index < -0.39 is 0 Å². The average Bonchev–Trinajstić information content (AvgIpc) is 2.53. The maximum Gasteiger partial charge on any atom is 0.203 e. The van der Waals surface area contributed by atoms with Gasteiger partial charge in [0.2, 0.25) is 5.75 Å². The highest BCUT2D eigenvalue weighted by Crippen LogP contribution is 2.37. The van der Waals surface area contributed by atoms with Gasteiger partial charge in [0.1, 0.15) is 0 Å². The molecule has 0 saturated carbocycles. The molecule has 0 aliphatic carbocycles. The molecule has 0 radical (unpaired) electrons. The first-order valence-electron chi connectivity index (χ1n) is 7.20. The van der Waals surface area contributed by atoms with Crippen molar-refractivity contribution in [3.05, 3.63) is 30.4 Å². The predicted molar refractivity (Wildman–Crippen MR) is 99.4 cm³/mol. The van der Waals surface area contributed by atoms with Crippen LogP contribution in [0.4, 0.5) is 0 Å². The first kappa shape index (κ1) is 18.7. The number of halogens is 1. The number of allylic oxidation sites excluding steroid dienone is 1. The Labute approximate surface area is 147 Å². The third-order valence-corrected chi connectivity index (χ3v) is 4.27. The van der Waals surface area contributed by atoms with Crippen LogP contribution in [-0.2, 0) is 0 Å². The molecule has 3 nitrogen and oxygen atoms in total. The maximum atomic E-state index is 5.32. The van der Waals surface area contributed by atoms with Gasteiger partial charge in [-0.1, -0.05) is 40.5 Å². The van der Waals surface area contributed by atoms with Crippen LogP contribution in [0.5, 0.6) is 17.2 Å². The summed E-state index contributed by atoms with van der Waals surface area (Å²) in [6.07, 6.45) is 6.17. The van der Waals surface area contributed by atoms with Crippen LogP contribution >= 0.6 is 22.6 Å². The minimum Gasteiger partial charge on any atom is -0.493 e. The molecular formula is C18H23IO3. The van der Waals surface area contributed by atoms with E-state index in [1.807, 2.05) is 18.2 Å². The van der Waals surface area contributed by atoms with E-state index in [1.54, 1.807) is 21.3 Å².